The smallest absolute Gasteiger partial charge is 0.341 e. The Morgan fingerprint density at radius 2 is 1.30 bits per heavy atom. The highest BCUT2D eigenvalue weighted by Gasteiger charge is 2.33. The molecule has 0 radical (unpaired) electrons. The van der Waals surface area contributed by atoms with Gasteiger partial charge >= 0.3 is 5.97 Å². The van der Waals surface area contributed by atoms with Gasteiger partial charge in [0.1, 0.15) is 12.2 Å². The summed E-state index contributed by atoms with van der Waals surface area (Å²) < 4.78 is 69.4. The summed E-state index contributed by atoms with van der Waals surface area (Å²) in [7, 11) is 0. The summed E-state index contributed by atoms with van der Waals surface area (Å²) in [4.78, 5) is 12.5. The summed E-state index contributed by atoms with van der Waals surface area (Å²) in [5.41, 5.74) is 0.472. The molecule has 2 aromatic rings. The van der Waals surface area contributed by atoms with Gasteiger partial charge in [-0.3, -0.25) is 0 Å². The summed E-state index contributed by atoms with van der Waals surface area (Å²) >= 11 is 0. The summed E-state index contributed by atoms with van der Waals surface area (Å²) in [6.45, 7) is 2.33. The highest BCUT2D eigenvalue weighted by atomic mass is 19.2. The number of hydrogen-bond donors (Lipinski definition) is 0. The van der Waals surface area contributed by atoms with Crippen molar-refractivity contribution in [3.8, 4) is 0 Å². The number of carbonyl (C=O) groups is 1. The topological polar surface area (TPSA) is 38.8 Å². The average Bonchev–Trinajstić information content (AvgIpc) is 3.74. The van der Waals surface area contributed by atoms with Crippen molar-refractivity contribution in [2.45, 2.75) is 82.3 Å². The third kappa shape index (κ3) is 5.47. The van der Waals surface area contributed by atoms with Crippen LogP contribution in [0, 0.1) is 29.2 Å². The second-order valence-corrected chi connectivity index (χ2v) is 10.5. The van der Waals surface area contributed by atoms with Gasteiger partial charge in [-0.2, -0.15) is 0 Å². The number of allylic oxidation sites excluding steroid dienone is 2. The molecule has 1 aliphatic heterocycles. The molecule has 3 nitrogen and oxygen atoms in total. The van der Waals surface area contributed by atoms with E-state index in [1.165, 1.54) is 12.1 Å². The van der Waals surface area contributed by atoms with Crippen LogP contribution in [0.3, 0.4) is 0 Å². The van der Waals surface area contributed by atoms with E-state index in [1.54, 1.807) is 12.1 Å². The zero-order chi connectivity index (χ0) is 26.1. The first-order valence-electron chi connectivity index (χ1n) is 13.3. The zero-order valence-corrected chi connectivity index (χ0v) is 21.0. The van der Waals surface area contributed by atoms with E-state index >= 15 is 8.78 Å². The lowest BCUT2D eigenvalue weighted by Gasteiger charge is -2.30. The van der Waals surface area contributed by atoms with Crippen LogP contribution in [0.15, 0.2) is 36.4 Å². The number of carbonyl (C=O) groups excluding carboxylic acids is 1. The molecule has 1 heterocycles. The van der Waals surface area contributed by atoms with Crippen molar-refractivity contribution >= 4 is 5.97 Å². The average molecular weight is 517 g/mol. The van der Waals surface area contributed by atoms with Crippen molar-refractivity contribution in [3.63, 3.8) is 0 Å². The van der Waals surface area contributed by atoms with Gasteiger partial charge in [0.15, 0.2) is 23.3 Å². The number of benzene rings is 2. The standard InChI is InChI=1S/C30H32F4O3/c1-2-3-17-4-6-18(7-5-17)21-12-13-22(27(32)26(21)31)19-8-10-20(11-9-19)37-30(35)24-15-14-23(25-16-36-25)28(33)29(24)34/h2-3,12-15,17-20,25H,4-11,16H2,1H3/b3-2+. The second-order valence-electron chi connectivity index (χ2n) is 10.5. The van der Waals surface area contributed by atoms with Crippen LogP contribution in [0.1, 0.15) is 103 Å². The summed E-state index contributed by atoms with van der Waals surface area (Å²) in [5.74, 6) is -4.39. The van der Waals surface area contributed by atoms with Crippen LogP contribution in [-0.4, -0.2) is 18.7 Å². The molecule has 2 saturated carbocycles. The number of ether oxygens (including phenoxy) is 2. The van der Waals surface area contributed by atoms with Gasteiger partial charge in [-0.15, -0.1) is 0 Å². The van der Waals surface area contributed by atoms with Crippen LogP contribution in [0.2, 0.25) is 0 Å². The van der Waals surface area contributed by atoms with Crippen molar-refractivity contribution in [1.29, 1.82) is 0 Å². The van der Waals surface area contributed by atoms with Crippen LogP contribution >= 0.6 is 0 Å². The molecule has 3 fully saturated rings. The lowest BCUT2D eigenvalue weighted by Crippen LogP contribution is -2.25. The van der Waals surface area contributed by atoms with Crippen molar-refractivity contribution in [3.05, 3.63) is 81.9 Å². The second kappa shape index (κ2) is 11.0. The Bertz CT molecular complexity index is 1170. The minimum absolute atomic E-state index is 0.0382. The Kier molecular flexibility index (Phi) is 7.70. The minimum atomic E-state index is -1.24. The molecule has 1 atom stereocenters. The molecule has 1 unspecified atom stereocenters. The lowest BCUT2D eigenvalue weighted by atomic mass is 9.77. The Labute approximate surface area is 214 Å². The highest BCUT2D eigenvalue weighted by molar-refractivity contribution is 5.90. The fourth-order valence-corrected chi connectivity index (χ4v) is 6.01. The number of esters is 1. The van der Waals surface area contributed by atoms with Gasteiger partial charge in [0.05, 0.1) is 12.2 Å². The summed E-state index contributed by atoms with van der Waals surface area (Å²) in [6.07, 6.45) is 8.85. The third-order valence-corrected chi connectivity index (χ3v) is 8.22. The molecule has 0 aromatic heterocycles. The monoisotopic (exact) mass is 516 g/mol. The summed E-state index contributed by atoms with van der Waals surface area (Å²) in [6, 6.07) is 6.02. The van der Waals surface area contributed by atoms with E-state index in [4.69, 9.17) is 9.47 Å². The maximum atomic E-state index is 15.1. The predicted molar refractivity (Wildman–Crippen MR) is 131 cm³/mol. The Morgan fingerprint density at radius 3 is 1.84 bits per heavy atom. The zero-order valence-electron chi connectivity index (χ0n) is 21.0. The molecule has 1 saturated heterocycles. The van der Waals surface area contributed by atoms with Crippen LogP contribution in [0.25, 0.3) is 0 Å². The van der Waals surface area contributed by atoms with Crippen LogP contribution in [0.4, 0.5) is 17.6 Å². The molecular weight excluding hydrogens is 484 g/mol. The molecule has 37 heavy (non-hydrogen) atoms. The molecular formula is C30H32F4O3. The quantitative estimate of drug-likeness (QED) is 0.169. The fraction of sp³-hybridized carbons (Fsp3) is 0.500. The molecule has 2 aliphatic carbocycles. The van der Waals surface area contributed by atoms with Crippen molar-refractivity contribution in [2.75, 3.05) is 6.61 Å². The van der Waals surface area contributed by atoms with Gasteiger partial charge in [0.2, 0.25) is 0 Å². The molecule has 0 N–H and O–H groups in total. The van der Waals surface area contributed by atoms with Crippen LogP contribution in [-0.2, 0) is 9.47 Å². The highest BCUT2D eigenvalue weighted by Crippen LogP contribution is 2.41. The molecule has 3 aliphatic rings. The van der Waals surface area contributed by atoms with Gasteiger partial charge < -0.3 is 9.47 Å². The molecule has 0 bridgehead atoms. The maximum Gasteiger partial charge on any atom is 0.341 e. The first kappa shape index (κ1) is 26.0. The van der Waals surface area contributed by atoms with Crippen molar-refractivity contribution < 1.29 is 31.8 Å². The molecule has 2 aromatic carbocycles. The van der Waals surface area contributed by atoms with Gasteiger partial charge in [-0.25, -0.2) is 22.4 Å². The minimum Gasteiger partial charge on any atom is -0.459 e. The van der Waals surface area contributed by atoms with E-state index in [2.05, 4.69) is 12.2 Å². The third-order valence-electron chi connectivity index (χ3n) is 8.22. The summed E-state index contributed by atoms with van der Waals surface area (Å²) in [5, 5.41) is 0. The van der Waals surface area contributed by atoms with E-state index in [9.17, 15) is 13.6 Å². The van der Waals surface area contributed by atoms with Crippen LogP contribution < -0.4 is 0 Å². The van der Waals surface area contributed by atoms with Gasteiger partial charge in [0, 0.05) is 5.56 Å². The first-order chi connectivity index (χ1) is 17.9. The number of epoxide rings is 1. The van der Waals surface area contributed by atoms with Gasteiger partial charge in [-0.05, 0) is 93.2 Å². The molecule has 198 valence electrons. The van der Waals surface area contributed by atoms with E-state index < -0.39 is 47.0 Å². The Hall–Kier alpha value is -2.67. The molecule has 0 amide bonds. The fourth-order valence-electron chi connectivity index (χ4n) is 6.01. The molecule has 0 spiro atoms. The van der Waals surface area contributed by atoms with E-state index in [-0.39, 0.29) is 17.4 Å². The molecule has 5 rings (SSSR count). The van der Waals surface area contributed by atoms with E-state index in [0.717, 1.165) is 25.7 Å². The number of rotatable bonds is 6. The number of halogens is 4. The van der Waals surface area contributed by atoms with E-state index in [1.807, 2.05) is 6.92 Å². The number of hydrogen-bond acceptors (Lipinski definition) is 3. The first-order valence-corrected chi connectivity index (χ1v) is 13.3. The SMILES string of the molecule is C/C=C/C1CCC(c2ccc(C3CCC(OC(=O)c4ccc(C5CO5)c(F)c4F)CC3)c(F)c2F)CC1. The van der Waals surface area contributed by atoms with Gasteiger partial charge in [0.25, 0.3) is 0 Å². The Morgan fingerprint density at radius 1 is 0.784 bits per heavy atom. The lowest BCUT2D eigenvalue weighted by molar-refractivity contribution is 0.0188. The largest absolute Gasteiger partial charge is 0.459 e. The van der Waals surface area contributed by atoms with Crippen molar-refractivity contribution in [1.82, 2.24) is 0 Å². The van der Waals surface area contributed by atoms with Crippen LogP contribution in [0.5, 0.6) is 0 Å². The maximum absolute atomic E-state index is 15.1. The predicted octanol–water partition coefficient (Wildman–Crippen LogP) is 8.05. The van der Waals surface area contributed by atoms with Crippen molar-refractivity contribution in [2.24, 2.45) is 5.92 Å². The molecule has 7 heteroatoms. The normalized spacial score (nSPS) is 27.9. The Balaban J connectivity index is 1.18. The van der Waals surface area contributed by atoms with Gasteiger partial charge in [-0.1, -0.05) is 30.4 Å². The van der Waals surface area contributed by atoms with E-state index in [0.29, 0.717) is 49.3 Å².